The number of nitrogens with zero attached hydrogens (tertiary/aromatic N) is 1. The van der Waals surface area contributed by atoms with E-state index in [1.807, 2.05) is 0 Å². The van der Waals surface area contributed by atoms with Gasteiger partial charge in [-0.15, -0.1) is 11.3 Å². The number of carbonyl (C=O) groups excluding carboxylic acids is 1. The highest BCUT2D eigenvalue weighted by atomic mass is 32.1. The minimum atomic E-state index is -0.268. The lowest BCUT2D eigenvalue weighted by atomic mass is 10.4. The summed E-state index contributed by atoms with van der Waals surface area (Å²) in [7, 11) is 0. The van der Waals surface area contributed by atoms with E-state index in [0.717, 1.165) is 0 Å². The van der Waals surface area contributed by atoms with Gasteiger partial charge in [0.05, 0.1) is 5.69 Å². The summed E-state index contributed by atoms with van der Waals surface area (Å²) in [6.45, 7) is 1.75. The quantitative estimate of drug-likeness (QED) is 0.814. The maximum absolute atomic E-state index is 11.6. The zero-order chi connectivity index (χ0) is 10.8. The summed E-state index contributed by atoms with van der Waals surface area (Å²) in [5.41, 5.74) is 6.08. The molecule has 0 atom stereocenters. The highest BCUT2D eigenvalue weighted by molar-refractivity contribution is 7.12. The van der Waals surface area contributed by atoms with Crippen LogP contribution in [0, 0.1) is 6.92 Å². The van der Waals surface area contributed by atoms with Gasteiger partial charge in [-0.05, 0) is 18.4 Å². The molecule has 0 aromatic carbocycles. The van der Waals surface area contributed by atoms with E-state index < -0.39 is 0 Å². The number of hydrogen-bond acceptors (Lipinski definition) is 5. The Bertz CT molecular complexity index is 489. The molecule has 0 saturated carbocycles. The van der Waals surface area contributed by atoms with Gasteiger partial charge in [-0.2, -0.15) is 0 Å². The zero-order valence-corrected chi connectivity index (χ0v) is 8.80. The molecule has 2 aromatic heterocycles. The molecule has 0 spiro atoms. The van der Waals surface area contributed by atoms with Gasteiger partial charge in [0.15, 0.2) is 5.82 Å². The van der Waals surface area contributed by atoms with Crippen molar-refractivity contribution in [1.82, 2.24) is 5.16 Å². The van der Waals surface area contributed by atoms with Crippen molar-refractivity contribution in [2.24, 2.45) is 0 Å². The summed E-state index contributed by atoms with van der Waals surface area (Å²) in [5.74, 6) is 0.769. The maximum Gasteiger partial charge on any atom is 0.269 e. The Labute approximate surface area is 89.9 Å². The van der Waals surface area contributed by atoms with Gasteiger partial charge >= 0.3 is 0 Å². The van der Waals surface area contributed by atoms with Crippen LogP contribution in [0.2, 0.25) is 0 Å². The van der Waals surface area contributed by atoms with Crippen LogP contribution in [0.5, 0.6) is 0 Å². The fraction of sp³-hybridized carbons (Fsp3) is 0.111. The first kappa shape index (κ1) is 9.72. The number of rotatable bonds is 2. The van der Waals surface area contributed by atoms with E-state index in [1.165, 1.54) is 11.3 Å². The number of nitrogens with two attached hydrogens (primary N) is 1. The van der Waals surface area contributed by atoms with E-state index in [-0.39, 0.29) is 5.91 Å². The maximum atomic E-state index is 11.6. The van der Waals surface area contributed by atoms with Crippen molar-refractivity contribution in [1.29, 1.82) is 0 Å². The summed E-state index contributed by atoms with van der Waals surface area (Å²) < 4.78 is 4.82. The average Bonchev–Trinajstić information content (AvgIpc) is 2.75. The molecule has 2 aromatic rings. The van der Waals surface area contributed by atoms with Gasteiger partial charge in [-0.1, -0.05) is 5.16 Å². The molecule has 0 fully saturated rings. The Morgan fingerprint density at radius 2 is 2.47 bits per heavy atom. The number of nitrogens with one attached hydrogen (secondary N) is 1. The summed E-state index contributed by atoms with van der Waals surface area (Å²) in [6, 6.07) is 3.33. The minimum Gasteiger partial charge on any atom is -0.397 e. The van der Waals surface area contributed by atoms with Crippen LogP contribution in [0.1, 0.15) is 15.4 Å². The third kappa shape index (κ3) is 1.99. The van der Waals surface area contributed by atoms with Gasteiger partial charge in [0, 0.05) is 6.07 Å². The number of carbonyl (C=O) groups is 1. The fourth-order valence-corrected chi connectivity index (χ4v) is 1.82. The lowest BCUT2D eigenvalue weighted by Crippen LogP contribution is -2.11. The minimum absolute atomic E-state index is 0.268. The van der Waals surface area contributed by atoms with Crippen molar-refractivity contribution in [2.75, 3.05) is 11.1 Å². The van der Waals surface area contributed by atoms with Crippen LogP contribution in [0.15, 0.2) is 22.0 Å². The Morgan fingerprint density at radius 3 is 3.00 bits per heavy atom. The van der Waals surface area contributed by atoms with Crippen LogP contribution in [-0.4, -0.2) is 11.1 Å². The van der Waals surface area contributed by atoms with Crippen LogP contribution in [0.25, 0.3) is 0 Å². The number of anilines is 2. The van der Waals surface area contributed by atoms with Crippen molar-refractivity contribution >= 4 is 28.7 Å². The van der Waals surface area contributed by atoms with E-state index in [9.17, 15) is 4.79 Å². The molecule has 3 N–H and O–H groups in total. The van der Waals surface area contributed by atoms with Gasteiger partial charge in [-0.3, -0.25) is 4.79 Å². The Kier molecular flexibility index (Phi) is 2.42. The molecule has 0 aliphatic rings. The summed E-state index contributed by atoms with van der Waals surface area (Å²) in [6.07, 6.45) is 0. The predicted molar refractivity (Wildman–Crippen MR) is 57.9 cm³/mol. The molecule has 1 amide bonds. The average molecular weight is 223 g/mol. The number of amides is 1. The number of aromatic nitrogens is 1. The first-order valence-corrected chi connectivity index (χ1v) is 5.12. The molecule has 0 unspecified atom stereocenters. The van der Waals surface area contributed by atoms with Gasteiger partial charge in [0.25, 0.3) is 5.91 Å². The van der Waals surface area contributed by atoms with Crippen LogP contribution >= 0.6 is 11.3 Å². The monoisotopic (exact) mass is 223 g/mol. The summed E-state index contributed by atoms with van der Waals surface area (Å²) in [4.78, 5) is 12.1. The molecule has 5 nitrogen and oxygen atoms in total. The Hall–Kier alpha value is -1.82. The van der Waals surface area contributed by atoms with Crippen molar-refractivity contribution in [3.05, 3.63) is 28.2 Å². The van der Waals surface area contributed by atoms with Crippen molar-refractivity contribution in [2.45, 2.75) is 6.92 Å². The predicted octanol–water partition coefficient (Wildman–Crippen LogP) is 1.88. The van der Waals surface area contributed by atoms with Crippen LogP contribution in [-0.2, 0) is 0 Å². The number of hydrogen-bond donors (Lipinski definition) is 2. The van der Waals surface area contributed by atoms with Crippen molar-refractivity contribution in [3.8, 4) is 0 Å². The van der Waals surface area contributed by atoms with Crippen LogP contribution in [0.4, 0.5) is 11.5 Å². The zero-order valence-electron chi connectivity index (χ0n) is 7.98. The third-order valence-electron chi connectivity index (χ3n) is 1.77. The van der Waals surface area contributed by atoms with E-state index in [0.29, 0.717) is 22.1 Å². The first-order chi connectivity index (χ1) is 7.16. The molecule has 2 rings (SSSR count). The highest BCUT2D eigenvalue weighted by Crippen LogP contribution is 2.20. The second-order valence-corrected chi connectivity index (χ2v) is 3.90. The van der Waals surface area contributed by atoms with Crippen LogP contribution in [0.3, 0.4) is 0 Å². The lowest BCUT2D eigenvalue weighted by molar-refractivity contribution is 0.103. The van der Waals surface area contributed by atoms with E-state index in [4.69, 9.17) is 10.3 Å². The molecule has 0 aliphatic heterocycles. The normalized spacial score (nSPS) is 10.2. The standard InChI is InChI=1S/C9H9N3O2S/c1-5-4-7(12-14-5)11-9(13)8-6(10)2-3-15-8/h2-4H,10H2,1H3,(H,11,12,13). The van der Waals surface area contributed by atoms with E-state index in [2.05, 4.69) is 10.5 Å². The van der Waals surface area contributed by atoms with E-state index >= 15 is 0 Å². The third-order valence-corrected chi connectivity index (χ3v) is 2.70. The van der Waals surface area contributed by atoms with Gasteiger partial charge < -0.3 is 15.6 Å². The topological polar surface area (TPSA) is 81.2 Å². The SMILES string of the molecule is Cc1cc(NC(=O)c2sccc2N)no1. The highest BCUT2D eigenvalue weighted by Gasteiger charge is 2.12. The van der Waals surface area contributed by atoms with Gasteiger partial charge in [0.1, 0.15) is 10.6 Å². The molecule has 6 heteroatoms. The summed E-state index contributed by atoms with van der Waals surface area (Å²) in [5, 5.41) is 8.01. The Morgan fingerprint density at radius 1 is 1.67 bits per heavy atom. The first-order valence-electron chi connectivity index (χ1n) is 4.24. The molecule has 15 heavy (non-hydrogen) atoms. The van der Waals surface area contributed by atoms with E-state index in [1.54, 1.807) is 24.4 Å². The molecule has 0 bridgehead atoms. The second-order valence-electron chi connectivity index (χ2n) is 2.98. The molecule has 0 radical (unpaired) electrons. The molecule has 2 heterocycles. The van der Waals surface area contributed by atoms with Gasteiger partial charge in [0.2, 0.25) is 0 Å². The van der Waals surface area contributed by atoms with Gasteiger partial charge in [-0.25, -0.2) is 0 Å². The van der Waals surface area contributed by atoms with Crippen molar-refractivity contribution in [3.63, 3.8) is 0 Å². The van der Waals surface area contributed by atoms with Crippen LogP contribution < -0.4 is 11.1 Å². The second kappa shape index (κ2) is 3.74. The molecular formula is C9H9N3O2S. The molecule has 78 valence electrons. The number of thiophene rings is 1. The molecule has 0 aliphatic carbocycles. The lowest BCUT2D eigenvalue weighted by Gasteiger charge is -1.98. The molecular weight excluding hydrogens is 214 g/mol. The molecule has 0 saturated heterocycles. The van der Waals surface area contributed by atoms with Crippen molar-refractivity contribution < 1.29 is 9.32 Å². The number of aryl methyl sites for hydroxylation is 1. The fourth-order valence-electron chi connectivity index (χ4n) is 1.10. The Balaban J connectivity index is 2.14. The summed E-state index contributed by atoms with van der Waals surface area (Å²) >= 11 is 1.29. The largest absolute Gasteiger partial charge is 0.397 e. The smallest absolute Gasteiger partial charge is 0.269 e. The number of nitrogen functional groups attached to an aromatic ring is 1.